The van der Waals surface area contributed by atoms with Gasteiger partial charge in [-0.25, -0.2) is 0 Å². The Morgan fingerprint density at radius 1 is 0.812 bits per heavy atom. The van der Waals surface area contributed by atoms with Crippen LogP contribution in [-0.2, 0) is 0 Å². The quantitative estimate of drug-likeness (QED) is 0.556. The zero-order valence-electron chi connectivity index (χ0n) is 19.1. The molecule has 3 aromatic rings. The van der Waals surface area contributed by atoms with Crippen molar-refractivity contribution in [1.82, 2.24) is 4.90 Å². The van der Waals surface area contributed by atoms with E-state index in [1.165, 1.54) is 11.1 Å². The molecule has 1 heterocycles. The predicted octanol–water partition coefficient (Wildman–Crippen LogP) is 5.54. The van der Waals surface area contributed by atoms with Gasteiger partial charge >= 0.3 is 0 Å². The van der Waals surface area contributed by atoms with Gasteiger partial charge in [-0.15, -0.1) is 0 Å². The summed E-state index contributed by atoms with van der Waals surface area (Å²) in [5.41, 5.74) is 5.58. The molecule has 0 aromatic heterocycles. The highest BCUT2D eigenvalue weighted by Crippen LogP contribution is 2.38. The first-order valence-electron chi connectivity index (χ1n) is 11.6. The van der Waals surface area contributed by atoms with E-state index in [-0.39, 0.29) is 11.9 Å². The molecule has 2 aliphatic rings. The molecule has 0 bridgehead atoms. The van der Waals surface area contributed by atoms with Crippen molar-refractivity contribution >= 4 is 5.78 Å². The topological polar surface area (TPSA) is 40.5 Å². The van der Waals surface area contributed by atoms with E-state index in [0.29, 0.717) is 18.4 Å². The smallest absolute Gasteiger partial charge is 0.176 e. The fraction of sp³-hybridized carbons (Fsp3) is 0.345. The minimum absolute atomic E-state index is 0.126. The molecule has 166 valence electrons. The molecule has 1 saturated heterocycles. The Kier molecular flexibility index (Phi) is 7.19. The molecule has 5 rings (SSSR count). The number of nitrogens with zero attached hydrogens (tertiary/aromatic N) is 1. The number of ketones is 1. The van der Waals surface area contributed by atoms with Gasteiger partial charge in [0.1, 0.15) is 0 Å². The number of hydrogen-bond donors (Lipinski definition) is 1. The summed E-state index contributed by atoms with van der Waals surface area (Å²) in [4.78, 5) is 15.0. The number of carbonyl (C=O) groups excluding carboxylic acids is 1. The molecule has 3 aromatic carbocycles. The molecule has 32 heavy (non-hydrogen) atoms. The molecule has 1 unspecified atom stereocenters. The first-order chi connectivity index (χ1) is 15.5. The van der Waals surface area contributed by atoms with Gasteiger partial charge in [0.15, 0.2) is 5.78 Å². The van der Waals surface area contributed by atoms with E-state index in [1.807, 2.05) is 36.4 Å². The van der Waals surface area contributed by atoms with Gasteiger partial charge in [-0.1, -0.05) is 83.9 Å². The second kappa shape index (κ2) is 10.2. The number of carbonyl (C=O) groups is 1. The Morgan fingerprint density at radius 2 is 1.41 bits per heavy atom. The van der Waals surface area contributed by atoms with Gasteiger partial charge in [0.05, 0.1) is 12.6 Å². The SMILES string of the molecule is Cc1cccc(-c2cccc(C(=O)CN3C[C@H]4CC(O)C[C@H]4C3)c2)c1.Cc1ccccc1. The number of likely N-dealkylation sites (tertiary alicyclic amines) is 1. The van der Waals surface area contributed by atoms with Crippen LogP contribution < -0.4 is 0 Å². The van der Waals surface area contributed by atoms with Crippen molar-refractivity contribution in [2.24, 2.45) is 11.8 Å². The molecule has 1 aliphatic heterocycles. The average molecular weight is 428 g/mol. The molecule has 0 amide bonds. The van der Waals surface area contributed by atoms with Crippen molar-refractivity contribution in [1.29, 1.82) is 0 Å². The van der Waals surface area contributed by atoms with Crippen molar-refractivity contribution in [2.75, 3.05) is 19.6 Å². The lowest BCUT2D eigenvalue weighted by Crippen LogP contribution is -2.29. The van der Waals surface area contributed by atoms with Crippen molar-refractivity contribution in [3.63, 3.8) is 0 Å². The van der Waals surface area contributed by atoms with Crippen LogP contribution in [0.25, 0.3) is 11.1 Å². The molecule has 0 radical (unpaired) electrons. The summed E-state index contributed by atoms with van der Waals surface area (Å²) in [7, 11) is 0. The van der Waals surface area contributed by atoms with Gasteiger partial charge in [-0.05, 0) is 55.7 Å². The molecule has 2 fully saturated rings. The zero-order valence-corrected chi connectivity index (χ0v) is 19.1. The van der Waals surface area contributed by atoms with Crippen molar-refractivity contribution in [2.45, 2.75) is 32.8 Å². The number of hydrogen-bond acceptors (Lipinski definition) is 3. The number of benzene rings is 3. The Hall–Kier alpha value is -2.75. The zero-order chi connectivity index (χ0) is 22.5. The Morgan fingerprint density at radius 3 is 2.00 bits per heavy atom. The van der Waals surface area contributed by atoms with E-state index in [1.54, 1.807) is 0 Å². The third-order valence-electron chi connectivity index (χ3n) is 6.65. The average Bonchev–Trinajstić information content (AvgIpc) is 3.31. The van der Waals surface area contributed by atoms with Gasteiger partial charge < -0.3 is 5.11 Å². The summed E-state index contributed by atoms with van der Waals surface area (Å²) in [6, 6.07) is 26.6. The molecule has 3 atom stereocenters. The molecule has 3 nitrogen and oxygen atoms in total. The normalized spacial score (nSPS) is 22.2. The number of Topliss-reactive ketones (excluding diaryl/α,β-unsaturated/α-hetero) is 1. The minimum atomic E-state index is -0.126. The molecule has 1 aliphatic carbocycles. The van der Waals surface area contributed by atoms with Crippen LogP contribution in [0.15, 0.2) is 78.9 Å². The summed E-state index contributed by atoms with van der Waals surface area (Å²) in [6.07, 6.45) is 1.68. The lowest BCUT2D eigenvalue weighted by atomic mass is 10.00. The molecular formula is C29H33NO2. The monoisotopic (exact) mass is 427 g/mol. The van der Waals surface area contributed by atoms with Crippen LogP contribution in [0, 0.1) is 25.7 Å². The number of fused-ring (bicyclic) bond motifs is 1. The van der Waals surface area contributed by atoms with Crippen molar-refractivity contribution < 1.29 is 9.90 Å². The first-order valence-corrected chi connectivity index (χ1v) is 11.6. The Bertz CT molecular complexity index is 1030. The Balaban J connectivity index is 0.000000300. The second-order valence-electron chi connectivity index (χ2n) is 9.37. The van der Waals surface area contributed by atoms with Gasteiger partial charge in [0, 0.05) is 18.7 Å². The van der Waals surface area contributed by atoms with Crippen LogP contribution >= 0.6 is 0 Å². The molecule has 3 heteroatoms. The van der Waals surface area contributed by atoms with E-state index in [9.17, 15) is 9.90 Å². The molecule has 1 saturated carbocycles. The molecule has 0 spiro atoms. The minimum Gasteiger partial charge on any atom is -0.393 e. The van der Waals surface area contributed by atoms with Gasteiger partial charge in [-0.2, -0.15) is 0 Å². The lowest BCUT2D eigenvalue weighted by molar-refractivity contribution is 0.0935. The first kappa shape index (κ1) is 22.4. The molecule has 1 N–H and O–H groups in total. The van der Waals surface area contributed by atoms with Gasteiger partial charge in [0.2, 0.25) is 0 Å². The summed E-state index contributed by atoms with van der Waals surface area (Å²) >= 11 is 0. The molecular weight excluding hydrogens is 394 g/mol. The predicted molar refractivity (Wildman–Crippen MR) is 131 cm³/mol. The van der Waals surface area contributed by atoms with E-state index >= 15 is 0 Å². The van der Waals surface area contributed by atoms with E-state index in [2.05, 4.69) is 61.2 Å². The number of aliphatic hydroxyl groups is 1. The van der Waals surface area contributed by atoms with Crippen LogP contribution in [0.4, 0.5) is 0 Å². The fourth-order valence-corrected chi connectivity index (χ4v) is 5.02. The van der Waals surface area contributed by atoms with Gasteiger partial charge in [-0.3, -0.25) is 9.69 Å². The van der Waals surface area contributed by atoms with E-state index in [0.717, 1.165) is 42.6 Å². The van der Waals surface area contributed by atoms with Gasteiger partial charge in [0.25, 0.3) is 0 Å². The fourth-order valence-electron chi connectivity index (χ4n) is 5.02. The maximum absolute atomic E-state index is 12.7. The summed E-state index contributed by atoms with van der Waals surface area (Å²) in [6.45, 7) is 6.55. The Labute approximate surface area is 191 Å². The maximum atomic E-state index is 12.7. The lowest BCUT2D eigenvalue weighted by Gasteiger charge is -2.17. The van der Waals surface area contributed by atoms with Crippen molar-refractivity contribution in [3.05, 3.63) is 95.6 Å². The van der Waals surface area contributed by atoms with Crippen LogP contribution in [0.2, 0.25) is 0 Å². The van der Waals surface area contributed by atoms with Crippen LogP contribution in [0.1, 0.15) is 34.3 Å². The largest absolute Gasteiger partial charge is 0.393 e. The summed E-state index contributed by atoms with van der Waals surface area (Å²) in [5, 5.41) is 9.75. The van der Waals surface area contributed by atoms with Crippen molar-refractivity contribution in [3.8, 4) is 11.1 Å². The number of rotatable bonds is 4. The number of aryl methyl sites for hydroxylation is 2. The highest BCUT2D eigenvalue weighted by atomic mass is 16.3. The van der Waals surface area contributed by atoms with Crippen LogP contribution in [0.5, 0.6) is 0 Å². The summed E-state index contributed by atoms with van der Waals surface area (Å²) < 4.78 is 0. The van der Waals surface area contributed by atoms with Crippen LogP contribution in [0.3, 0.4) is 0 Å². The third kappa shape index (κ3) is 5.73. The highest BCUT2D eigenvalue weighted by Gasteiger charge is 2.40. The van der Waals surface area contributed by atoms with Crippen LogP contribution in [-0.4, -0.2) is 41.5 Å². The summed E-state index contributed by atoms with van der Waals surface area (Å²) in [5.74, 6) is 1.33. The van der Waals surface area contributed by atoms with E-state index < -0.39 is 0 Å². The highest BCUT2D eigenvalue weighted by molar-refractivity contribution is 5.98. The third-order valence-corrected chi connectivity index (χ3v) is 6.65. The standard InChI is InChI=1S/C22H25NO2.C7H8/c1-15-4-2-5-16(8-15)17-6-3-7-18(9-17)22(25)14-23-12-19-10-21(24)11-20(19)13-23;1-7-5-3-2-4-6-7/h2-9,19-21,24H,10-14H2,1H3;2-6H,1H3/t19-,20+,21?;. The maximum Gasteiger partial charge on any atom is 0.176 e. The number of aliphatic hydroxyl groups excluding tert-OH is 1. The second-order valence-corrected chi connectivity index (χ2v) is 9.37. The van der Waals surface area contributed by atoms with E-state index in [4.69, 9.17) is 0 Å².